The van der Waals surface area contributed by atoms with E-state index in [9.17, 15) is 4.79 Å². The zero-order valence-corrected chi connectivity index (χ0v) is 16.2. The van der Waals surface area contributed by atoms with Crippen LogP contribution in [0.2, 0.25) is 0 Å². The van der Waals surface area contributed by atoms with Crippen LogP contribution in [0.1, 0.15) is 16.1 Å². The molecule has 0 fully saturated rings. The largest absolute Gasteiger partial charge is 0.301 e. The van der Waals surface area contributed by atoms with E-state index in [1.807, 2.05) is 16.7 Å². The average Bonchev–Trinajstić information content (AvgIpc) is 3.24. The first-order valence-corrected chi connectivity index (χ1v) is 10.2. The van der Waals surface area contributed by atoms with Crippen molar-refractivity contribution in [1.29, 1.82) is 0 Å². The molecule has 0 aliphatic rings. The van der Waals surface area contributed by atoms with Crippen molar-refractivity contribution in [2.24, 2.45) is 0 Å². The first kappa shape index (κ1) is 16.4. The Labute approximate surface area is 155 Å². The third-order valence-electron chi connectivity index (χ3n) is 3.74. The van der Waals surface area contributed by atoms with Gasteiger partial charge in [0.25, 0.3) is 0 Å². The van der Waals surface area contributed by atoms with Crippen LogP contribution in [0.15, 0.2) is 16.9 Å². The minimum Gasteiger partial charge on any atom is -0.301 e. The highest BCUT2D eigenvalue weighted by Crippen LogP contribution is 2.32. The Morgan fingerprint density at radius 3 is 2.92 bits per heavy atom. The third-order valence-corrected chi connectivity index (χ3v) is 6.68. The topological polar surface area (TPSA) is 85.1 Å². The van der Waals surface area contributed by atoms with Gasteiger partial charge in [-0.1, -0.05) is 11.8 Å². The zero-order valence-electron chi connectivity index (χ0n) is 13.7. The molecule has 0 aliphatic heterocycles. The monoisotopic (exact) mass is 390 g/mol. The summed E-state index contributed by atoms with van der Waals surface area (Å²) in [7, 11) is 0. The smallest absolute Gasteiger partial charge is 0.236 e. The molecule has 1 N–H and O–H groups in total. The molecule has 4 heterocycles. The Hall–Kier alpha value is -2.04. The molecule has 0 aromatic carbocycles. The molecule has 128 valence electrons. The molecule has 0 spiro atoms. The maximum atomic E-state index is 12.1. The van der Waals surface area contributed by atoms with Crippen LogP contribution in [0, 0.1) is 20.8 Å². The predicted molar refractivity (Wildman–Crippen MR) is 102 cm³/mol. The highest BCUT2D eigenvalue weighted by atomic mass is 32.2. The van der Waals surface area contributed by atoms with Crippen molar-refractivity contribution in [1.82, 2.24) is 24.6 Å². The Balaban J connectivity index is 1.56. The molecule has 0 bridgehead atoms. The van der Waals surface area contributed by atoms with Gasteiger partial charge in [0.15, 0.2) is 15.9 Å². The Bertz CT molecular complexity index is 1100. The molecule has 1 amide bonds. The van der Waals surface area contributed by atoms with Gasteiger partial charge in [-0.25, -0.2) is 9.97 Å². The summed E-state index contributed by atoms with van der Waals surface area (Å²) in [5, 5.41) is 15.5. The van der Waals surface area contributed by atoms with Crippen LogP contribution in [0.3, 0.4) is 0 Å². The number of nitrogens with zero attached hydrogens (tertiary/aromatic N) is 5. The second-order valence-electron chi connectivity index (χ2n) is 5.52. The summed E-state index contributed by atoms with van der Waals surface area (Å²) >= 11 is 4.40. The van der Waals surface area contributed by atoms with E-state index in [0.717, 1.165) is 21.6 Å². The van der Waals surface area contributed by atoms with E-state index in [4.69, 9.17) is 0 Å². The van der Waals surface area contributed by atoms with E-state index in [1.54, 1.807) is 17.7 Å². The highest BCUT2D eigenvalue weighted by molar-refractivity contribution is 7.99. The second-order valence-corrected chi connectivity index (χ2v) is 8.52. The molecule has 4 aromatic heterocycles. The number of nitrogens with one attached hydrogen (secondary N) is 1. The Morgan fingerprint density at radius 1 is 1.32 bits per heavy atom. The molecule has 10 heteroatoms. The fourth-order valence-electron chi connectivity index (χ4n) is 2.42. The molecular weight excluding hydrogens is 376 g/mol. The van der Waals surface area contributed by atoms with Crippen LogP contribution in [0.5, 0.6) is 0 Å². The van der Waals surface area contributed by atoms with Crippen LogP contribution in [-0.4, -0.2) is 36.2 Å². The number of anilines is 1. The van der Waals surface area contributed by atoms with E-state index >= 15 is 0 Å². The van der Waals surface area contributed by atoms with Crippen LogP contribution < -0.4 is 5.32 Å². The van der Waals surface area contributed by atoms with E-state index in [2.05, 4.69) is 39.3 Å². The second kappa shape index (κ2) is 6.36. The quantitative estimate of drug-likeness (QED) is 0.537. The summed E-state index contributed by atoms with van der Waals surface area (Å²) in [6.45, 7) is 6.04. The molecule has 4 aromatic rings. The van der Waals surface area contributed by atoms with Crippen LogP contribution in [0.4, 0.5) is 5.13 Å². The van der Waals surface area contributed by atoms with Crippen molar-refractivity contribution < 1.29 is 4.79 Å². The van der Waals surface area contributed by atoms with E-state index in [0.29, 0.717) is 10.3 Å². The van der Waals surface area contributed by atoms with Gasteiger partial charge in [0.2, 0.25) is 5.91 Å². The minimum atomic E-state index is -0.118. The molecule has 0 saturated heterocycles. The molecule has 0 saturated carbocycles. The first-order chi connectivity index (χ1) is 12.0. The number of carbonyl (C=O) groups is 1. The number of carbonyl (C=O) groups excluding carboxylic acids is 1. The van der Waals surface area contributed by atoms with Gasteiger partial charge in [-0.3, -0.25) is 9.20 Å². The van der Waals surface area contributed by atoms with Crippen molar-refractivity contribution in [2.45, 2.75) is 25.9 Å². The molecule has 0 unspecified atom stereocenters. The maximum absolute atomic E-state index is 12.1. The number of thioether (sulfide) groups is 1. The number of hydrogen-bond donors (Lipinski definition) is 1. The number of thiazole rings is 1. The lowest BCUT2D eigenvalue weighted by atomic mass is 10.2. The van der Waals surface area contributed by atoms with E-state index < -0.39 is 0 Å². The van der Waals surface area contributed by atoms with Gasteiger partial charge in [-0.2, -0.15) is 0 Å². The van der Waals surface area contributed by atoms with Gasteiger partial charge >= 0.3 is 0 Å². The summed E-state index contributed by atoms with van der Waals surface area (Å²) in [6.07, 6.45) is 1.72. The van der Waals surface area contributed by atoms with E-state index in [1.165, 1.54) is 33.5 Å². The number of hydrogen-bond acceptors (Lipinski definition) is 8. The fourth-order valence-corrected chi connectivity index (χ4v) is 4.82. The van der Waals surface area contributed by atoms with Crippen molar-refractivity contribution in [3.63, 3.8) is 0 Å². The summed E-state index contributed by atoms with van der Waals surface area (Å²) in [5.74, 6) is 0.117. The van der Waals surface area contributed by atoms with E-state index in [-0.39, 0.29) is 11.7 Å². The maximum Gasteiger partial charge on any atom is 0.236 e. The number of aromatic nitrogens is 5. The lowest BCUT2D eigenvalue weighted by Gasteiger charge is -2.01. The number of rotatable bonds is 4. The summed E-state index contributed by atoms with van der Waals surface area (Å²) in [4.78, 5) is 23.0. The van der Waals surface area contributed by atoms with Crippen LogP contribution in [0.25, 0.3) is 15.9 Å². The normalized spacial score (nSPS) is 11.5. The van der Waals surface area contributed by atoms with Gasteiger partial charge in [-0.05, 0) is 26.3 Å². The predicted octanol–water partition coefficient (Wildman–Crippen LogP) is 3.45. The Morgan fingerprint density at radius 2 is 2.16 bits per heavy atom. The number of amides is 1. The van der Waals surface area contributed by atoms with Crippen molar-refractivity contribution in [3.8, 4) is 0 Å². The average molecular weight is 391 g/mol. The van der Waals surface area contributed by atoms with Crippen LogP contribution >= 0.6 is 34.4 Å². The summed E-state index contributed by atoms with van der Waals surface area (Å²) < 4.78 is 1.84. The van der Waals surface area contributed by atoms with Crippen molar-refractivity contribution in [3.05, 3.63) is 27.8 Å². The summed E-state index contributed by atoms with van der Waals surface area (Å²) in [5.41, 5.74) is 2.86. The molecule has 25 heavy (non-hydrogen) atoms. The molecule has 0 radical (unpaired) electrons. The SMILES string of the molecule is Cc1csc(NC(=O)CSc2nnc3c4c(C)c(C)sc4ncn23)n1. The van der Waals surface area contributed by atoms with Gasteiger partial charge in [-0.15, -0.1) is 32.9 Å². The van der Waals surface area contributed by atoms with Gasteiger partial charge < -0.3 is 5.32 Å². The Kier molecular flexibility index (Phi) is 4.18. The van der Waals surface area contributed by atoms with Crippen molar-refractivity contribution in [2.75, 3.05) is 11.1 Å². The number of thiophene rings is 1. The molecule has 7 nitrogen and oxygen atoms in total. The standard InChI is InChI=1S/C15H14N6OS3/c1-7-4-23-14(17-7)18-10(22)5-24-15-20-19-12-11-8(2)9(3)25-13(11)16-6-21(12)15/h4,6H,5H2,1-3H3,(H,17,18,22). The van der Waals surface area contributed by atoms with Gasteiger partial charge in [0.1, 0.15) is 11.2 Å². The van der Waals surface area contributed by atoms with Crippen molar-refractivity contribution >= 4 is 61.3 Å². The van der Waals surface area contributed by atoms with Gasteiger partial charge in [0, 0.05) is 10.3 Å². The van der Waals surface area contributed by atoms with Crippen LogP contribution in [-0.2, 0) is 4.79 Å². The number of fused-ring (bicyclic) bond motifs is 3. The summed E-state index contributed by atoms with van der Waals surface area (Å²) in [6, 6.07) is 0. The molecule has 4 rings (SSSR count). The third kappa shape index (κ3) is 3.00. The lowest BCUT2D eigenvalue weighted by molar-refractivity contribution is -0.113. The molecule has 0 atom stereocenters. The first-order valence-electron chi connectivity index (χ1n) is 7.47. The number of aryl methyl sites for hydroxylation is 3. The minimum absolute atomic E-state index is 0.118. The molecular formula is C15H14N6OS3. The fraction of sp³-hybridized carbons (Fsp3) is 0.267. The highest BCUT2D eigenvalue weighted by Gasteiger charge is 2.16. The lowest BCUT2D eigenvalue weighted by Crippen LogP contribution is -2.14. The van der Waals surface area contributed by atoms with Gasteiger partial charge in [0.05, 0.1) is 16.8 Å². The zero-order chi connectivity index (χ0) is 17.6. The molecule has 0 aliphatic carbocycles.